The van der Waals surface area contributed by atoms with E-state index >= 15 is 0 Å². The summed E-state index contributed by atoms with van der Waals surface area (Å²) in [5.41, 5.74) is 4.80. The van der Waals surface area contributed by atoms with Crippen molar-refractivity contribution < 1.29 is 13.6 Å². The quantitative estimate of drug-likeness (QED) is 0.850. The van der Waals surface area contributed by atoms with Crippen LogP contribution in [0, 0.1) is 23.5 Å². The maximum absolute atomic E-state index is 14.0. The number of nitrogens with two attached hydrogens (primary N) is 1. The van der Waals surface area contributed by atoms with Gasteiger partial charge in [0.1, 0.15) is 5.82 Å². The molecule has 1 saturated heterocycles. The lowest BCUT2D eigenvalue weighted by molar-refractivity contribution is 0.0753. The molecular formula is C16H22F2N2O. The maximum Gasteiger partial charge on any atom is 0.257 e. The molecule has 3 nitrogen and oxygen atoms in total. The van der Waals surface area contributed by atoms with E-state index in [4.69, 9.17) is 5.73 Å². The van der Waals surface area contributed by atoms with Crippen LogP contribution >= 0.6 is 0 Å². The molecule has 2 rings (SSSR count). The topological polar surface area (TPSA) is 46.3 Å². The monoisotopic (exact) mass is 296 g/mol. The predicted octanol–water partition coefficient (Wildman–Crippen LogP) is 3.45. The van der Waals surface area contributed by atoms with Crippen LogP contribution in [0.5, 0.6) is 0 Å². The lowest BCUT2D eigenvalue weighted by Crippen LogP contribution is -2.33. The summed E-state index contributed by atoms with van der Waals surface area (Å²) in [7, 11) is 0. The van der Waals surface area contributed by atoms with Crippen LogP contribution < -0.4 is 5.73 Å². The van der Waals surface area contributed by atoms with Gasteiger partial charge < -0.3 is 10.6 Å². The van der Waals surface area contributed by atoms with Gasteiger partial charge in [0.05, 0.1) is 11.3 Å². The minimum atomic E-state index is -0.828. The first-order valence-electron chi connectivity index (χ1n) is 7.44. The highest BCUT2D eigenvalue weighted by Gasteiger charge is 2.25. The minimum absolute atomic E-state index is 0.268. The standard InChI is InChI=1S/C16H22F2N2O/c1-10(2)11-4-3-6-20(7-5-11)16(21)13-8-12(17)9-14(19)15(13)18/h8-11H,3-7,19H2,1-2H3. The van der Waals surface area contributed by atoms with Gasteiger partial charge in [-0.05, 0) is 43.2 Å². The molecule has 116 valence electrons. The van der Waals surface area contributed by atoms with E-state index in [1.807, 2.05) is 0 Å². The number of likely N-dealkylation sites (tertiary alicyclic amines) is 1. The summed E-state index contributed by atoms with van der Waals surface area (Å²) in [6, 6.07) is 1.82. The normalized spacial score (nSPS) is 19.7. The Balaban J connectivity index is 2.17. The molecule has 1 aliphatic heterocycles. The number of benzene rings is 1. The van der Waals surface area contributed by atoms with Gasteiger partial charge in [0.2, 0.25) is 0 Å². The van der Waals surface area contributed by atoms with Gasteiger partial charge >= 0.3 is 0 Å². The first-order chi connectivity index (χ1) is 9.90. The summed E-state index contributed by atoms with van der Waals surface area (Å²) in [5.74, 6) is -0.840. The van der Waals surface area contributed by atoms with Crippen LogP contribution in [-0.2, 0) is 0 Å². The van der Waals surface area contributed by atoms with E-state index in [0.717, 1.165) is 31.4 Å². The van der Waals surface area contributed by atoms with E-state index in [0.29, 0.717) is 24.9 Å². The van der Waals surface area contributed by atoms with E-state index in [9.17, 15) is 13.6 Å². The van der Waals surface area contributed by atoms with Gasteiger partial charge in [0.15, 0.2) is 5.82 Å². The predicted molar refractivity (Wildman–Crippen MR) is 78.9 cm³/mol. The lowest BCUT2D eigenvalue weighted by atomic mass is 9.89. The van der Waals surface area contributed by atoms with Crippen LogP contribution in [0.15, 0.2) is 12.1 Å². The van der Waals surface area contributed by atoms with Crippen LogP contribution in [0.25, 0.3) is 0 Å². The molecule has 1 heterocycles. The third kappa shape index (κ3) is 3.52. The average Bonchev–Trinajstić information content (AvgIpc) is 2.68. The third-order valence-corrected chi connectivity index (χ3v) is 4.30. The van der Waals surface area contributed by atoms with Crippen LogP contribution in [0.4, 0.5) is 14.5 Å². The van der Waals surface area contributed by atoms with Crippen molar-refractivity contribution in [2.24, 2.45) is 11.8 Å². The zero-order chi connectivity index (χ0) is 15.6. The number of nitrogens with zero attached hydrogens (tertiary/aromatic N) is 1. The lowest BCUT2D eigenvalue weighted by Gasteiger charge is -2.22. The van der Waals surface area contributed by atoms with Crippen molar-refractivity contribution in [1.29, 1.82) is 0 Å². The van der Waals surface area contributed by atoms with Crippen molar-refractivity contribution in [2.45, 2.75) is 33.1 Å². The van der Waals surface area contributed by atoms with Crippen molar-refractivity contribution >= 4 is 11.6 Å². The van der Waals surface area contributed by atoms with E-state index in [2.05, 4.69) is 13.8 Å². The first-order valence-corrected chi connectivity index (χ1v) is 7.44. The van der Waals surface area contributed by atoms with Crippen molar-refractivity contribution in [3.8, 4) is 0 Å². The number of halogens is 2. The number of carbonyl (C=O) groups is 1. The number of rotatable bonds is 2. The van der Waals surface area contributed by atoms with E-state index < -0.39 is 17.5 Å². The molecule has 0 spiro atoms. The van der Waals surface area contributed by atoms with Crippen LogP contribution in [0.1, 0.15) is 43.5 Å². The van der Waals surface area contributed by atoms with Crippen LogP contribution in [0.2, 0.25) is 0 Å². The molecule has 5 heteroatoms. The van der Waals surface area contributed by atoms with Gasteiger partial charge in [-0.15, -0.1) is 0 Å². The molecule has 1 fully saturated rings. The van der Waals surface area contributed by atoms with Crippen LogP contribution in [0.3, 0.4) is 0 Å². The van der Waals surface area contributed by atoms with Crippen molar-refractivity contribution in [3.63, 3.8) is 0 Å². The molecule has 1 aliphatic rings. The number of nitrogen functional groups attached to an aromatic ring is 1. The molecule has 0 saturated carbocycles. The Kier molecular flexibility index (Phi) is 4.80. The van der Waals surface area contributed by atoms with Gasteiger partial charge in [0.25, 0.3) is 5.91 Å². The molecule has 1 aromatic rings. The largest absolute Gasteiger partial charge is 0.396 e. The second-order valence-electron chi connectivity index (χ2n) is 6.08. The summed E-state index contributed by atoms with van der Waals surface area (Å²) in [4.78, 5) is 14.0. The zero-order valence-corrected chi connectivity index (χ0v) is 12.5. The Hall–Kier alpha value is -1.65. The van der Waals surface area contributed by atoms with Gasteiger partial charge in [-0.25, -0.2) is 8.78 Å². The summed E-state index contributed by atoms with van der Waals surface area (Å²) in [5, 5.41) is 0. The number of amides is 1. The van der Waals surface area contributed by atoms with Crippen molar-refractivity contribution in [3.05, 3.63) is 29.3 Å². The molecule has 1 amide bonds. The van der Waals surface area contributed by atoms with Gasteiger partial charge in [-0.3, -0.25) is 4.79 Å². The number of carbonyl (C=O) groups excluding carboxylic acids is 1. The molecule has 1 aromatic carbocycles. The Morgan fingerprint density at radius 2 is 2.00 bits per heavy atom. The van der Waals surface area contributed by atoms with E-state index in [1.165, 1.54) is 0 Å². The molecule has 0 aliphatic carbocycles. The Labute approximate surface area is 124 Å². The number of hydrogen-bond donors (Lipinski definition) is 1. The Morgan fingerprint density at radius 1 is 1.29 bits per heavy atom. The summed E-state index contributed by atoms with van der Waals surface area (Å²) in [6.07, 6.45) is 2.85. The number of hydrogen-bond acceptors (Lipinski definition) is 2. The molecule has 0 aromatic heterocycles. The van der Waals surface area contributed by atoms with Crippen LogP contribution in [-0.4, -0.2) is 23.9 Å². The fourth-order valence-electron chi connectivity index (χ4n) is 2.93. The zero-order valence-electron chi connectivity index (χ0n) is 12.5. The summed E-state index contributed by atoms with van der Waals surface area (Å²) >= 11 is 0. The second kappa shape index (κ2) is 6.41. The average molecular weight is 296 g/mol. The SMILES string of the molecule is CC(C)C1CCCN(C(=O)c2cc(F)cc(N)c2F)CC1. The summed E-state index contributed by atoms with van der Waals surface area (Å²) < 4.78 is 27.3. The molecule has 2 N–H and O–H groups in total. The second-order valence-corrected chi connectivity index (χ2v) is 6.08. The van der Waals surface area contributed by atoms with Crippen molar-refractivity contribution in [1.82, 2.24) is 4.90 Å². The van der Waals surface area contributed by atoms with E-state index in [1.54, 1.807) is 4.90 Å². The molecule has 21 heavy (non-hydrogen) atoms. The summed E-state index contributed by atoms with van der Waals surface area (Å²) in [6.45, 7) is 5.51. The van der Waals surface area contributed by atoms with E-state index in [-0.39, 0.29) is 11.3 Å². The molecule has 0 radical (unpaired) electrons. The maximum atomic E-state index is 14.0. The fourth-order valence-corrected chi connectivity index (χ4v) is 2.93. The van der Waals surface area contributed by atoms with Gasteiger partial charge in [-0.1, -0.05) is 13.8 Å². The third-order valence-electron chi connectivity index (χ3n) is 4.30. The minimum Gasteiger partial charge on any atom is -0.396 e. The highest BCUT2D eigenvalue weighted by molar-refractivity contribution is 5.95. The fraction of sp³-hybridized carbons (Fsp3) is 0.562. The first kappa shape index (κ1) is 15.7. The molecule has 1 atom stereocenters. The van der Waals surface area contributed by atoms with Gasteiger partial charge in [0, 0.05) is 13.1 Å². The molecule has 1 unspecified atom stereocenters. The van der Waals surface area contributed by atoms with Gasteiger partial charge in [-0.2, -0.15) is 0 Å². The number of anilines is 1. The Bertz CT molecular complexity index is 531. The van der Waals surface area contributed by atoms with Crippen molar-refractivity contribution in [2.75, 3.05) is 18.8 Å². The molecule has 0 bridgehead atoms. The molecular weight excluding hydrogens is 274 g/mol. The highest BCUT2D eigenvalue weighted by atomic mass is 19.1. The smallest absolute Gasteiger partial charge is 0.257 e. The Morgan fingerprint density at radius 3 is 2.67 bits per heavy atom. The highest BCUT2D eigenvalue weighted by Crippen LogP contribution is 2.26.